The molecule has 2 heteroatoms. The number of aromatic nitrogens is 1. The van der Waals surface area contributed by atoms with Crippen molar-refractivity contribution in [2.24, 2.45) is 0 Å². The Bertz CT molecular complexity index is 251. The van der Waals surface area contributed by atoms with Gasteiger partial charge in [-0.15, -0.1) is 0 Å². The molecule has 0 saturated heterocycles. The van der Waals surface area contributed by atoms with Gasteiger partial charge in [-0.3, -0.25) is 4.98 Å². The zero-order valence-corrected chi connectivity index (χ0v) is 6.47. The van der Waals surface area contributed by atoms with Crippen LogP contribution in [0.3, 0.4) is 0 Å². The number of hydrogen-bond donors (Lipinski definition) is 0. The molecular weight excluding hydrogens is 141 g/mol. The minimum atomic E-state index is -0.308. The van der Waals surface area contributed by atoms with Crippen LogP contribution in [-0.2, 0) is 0 Å². The first-order valence-corrected chi connectivity index (χ1v) is 3.53. The van der Waals surface area contributed by atoms with Crippen molar-refractivity contribution in [3.8, 4) is 0 Å². The number of allylic oxidation sites excluding steroid dienone is 1. The topological polar surface area (TPSA) is 12.9 Å². The van der Waals surface area contributed by atoms with Crippen LogP contribution < -0.4 is 0 Å². The van der Waals surface area contributed by atoms with Gasteiger partial charge in [0.05, 0.1) is 11.9 Å². The SMILES string of the molecule is C=C(CC)c1ccc(F)cn1. The van der Waals surface area contributed by atoms with Crippen molar-refractivity contribution in [2.45, 2.75) is 13.3 Å². The fourth-order valence-corrected chi connectivity index (χ4v) is 0.766. The van der Waals surface area contributed by atoms with Gasteiger partial charge in [0.1, 0.15) is 5.82 Å². The molecule has 0 fully saturated rings. The number of halogens is 1. The predicted molar refractivity (Wildman–Crippen MR) is 43.5 cm³/mol. The van der Waals surface area contributed by atoms with E-state index in [1.165, 1.54) is 12.3 Å². The maximum absolute atomic E-state index is 12.4. The zero-order valence-electron chi connectivity index (χ0n) is 6.47. The van der Waals surface area contributed by atoms with Crippen LogP contribution in [0, 0.1) is 5.82 Å². The second kappa shape index (κ2) is 3.28. The van der Waals surface area contributed by atoms with Gasteiger partial charge >= 0.3 is 0 Å². The summed E-state index contributed by atoms with van der Waals surface area (Å²) in [5.74, 6) is -0.308. The minimum absolute atomic E-state index is 0.308. The number of nitrogens with zero attached hydrogens (tertiary/aromatic N) is 1. The number of hydrogen-bond acceptors (Lipinski definition) is 1. The normalized spacial score (nSPS) is 9.64. The molecule has 0 aliphatic carbocycles. The van der Waals surface area contributed by atoms with E-state index >= 15 is 0 Å². The van der Waals surface area contributed by atoms with Gasteiger partial charge in [0.25, 0.3) is 0 Å². The number of rotatable bonds is 2. The van der Waals surface area contributed by atoms with Crippen LogP contribution in [0.1, 0.15) is 19.0 Å². The van der Waals surface area contributed by atoms with Gasteiger partial charge in [0.2, 0.25) is 0 Å². The van der Waals surface area contributed by atoms with Gasteiger partial charge in [-0.2, -0.15) is 0 Å². The Morgan fingerprint density at radius 1 is 1.64 bits per heavy atom. The first-order valence-electron chi connectivity index (χ1n) is 3.53. The standard InChI is InChI=1S/C9H10FN/c1-3-7(2)9-5-4-8(10)6-11-9/h4-6H,2-3H2,1H3. The zero-order chi connectivity index (χ0) is 8.27. The van der Waals surface area contributed by atoms with Crippen molar-refractivity contribution in [3.05, 3.63) is 36.4 Å². The van der Waals surface area contributed by atoms with Crippen molar-refractivity contribution in [1.29, 1.82) is 0 Å². The Labute approximate surface area is 65.6 Å². The Kier molecular flexibility index (Phi) is 2.36. The summed E-state index contributed by atoms with van der Waals surface area (Å²) in [7, 11) is 0. The molecule has 1 aromatic heterocycles. The summed E-state index contributed by atoms with van der Waals surface area (Å²) in [5.41, 5.74) is 1.71. The summed E-state index contributed by atoms with van der Waals surface area (Å²) in [6.45, 7) is 5.78. The van der Waals surface area contributed by atoms with Crippen molar-refractivity contribution in [1.82, 2.24) is 4.98 Å². The quantitative estimate of drug-likeness (QED) is 0.633. The molecule has 1 rings (SSSR count). The number of pyridine rings is 1. The molecule has 0 bridgehead atoms. The lowest BCUT2D eigenvalue weighted by atomic mass is 10.1. The molecule has 0 radical (unpaired) electrons. The summed E-state index contributed by atoms with van der Waals surface area (Å²) in [6, 6.07) is 3.03. The monoisotopic (exact) mass is 151 g/mol. The van der Waals surface area contributed by atoms with Crippen molar-refractivity contribution >= 4 is 5.57 Å². The predicted octanol–water partition coefficient (Wildman–Crippen LogP) is 2.64. The second-order valence-electron chi connectivity index (χ2n) is 2.32. The van der Waals surface area contributed by atoms with Crippen molar-refractivity contribution in [3.63, 3.8) is 0 Å². The van der Waals surface area contributed by atoms with Crippen LogP contribution in [-0.4, -0.2) is 4.98 Å². The third-order valence-electron chi connectivity index (χ3n) is 1.52. The van der Waals surface area contributed by atoms with E-state index < -0.39 is 0 Å². The van der Waals surface area contributed by atoms with E-state index in [2.05, 4.69) is 11.6 Å². The molecule has 0 amide bonds. The smallest absolute Gasteiger partial charge is 0.141 e. The summed E-state index contributed by atoms with van der Waals surface area (Å²) in [5, 5.41) is 0. The molecule has 1 aromatic rings. The lowest BCUT2D eigenvalue weighted by molar-refractivity contribution is 0.621. The molecule has 0 N–H and O–H groups in total. The maximum Gasteiger partial charge on any atom is 0.141 e. The van der Waals surface area contributed by atoms with Gasteiger partial charge in [0.15, 0.2) is 0 Å². The van der Waals surface area contributed by atoms with Gasteiger partial charge < -0.3 is 0 Å². The molecule has 0 aliphatic heterocycles. The highest BCUT2D eigenvalue weighted by Gasteiger charge is 1.96. The van der Waals surface area contributed by atoms with Gasteiger partial charge in [-0.25, -0.2) is 4.39 Å². The molecular formula is C9H10FN. The molecule has 0 aliphatic rings. The molecule has 0 atom stereocenters. The summed E-state index contributed by atoms with van der Waals surface area (Å²) < 4.78 is 12.4. The molecule has 1 nitrogen and oxygen atoms in total. The molecule has 0 saturated carbocycles. The van der Waals surface area contributed by atoms with E-state index in [4.69, 9.17) is 0 Å². The van der Waals surface area contributed by atoms with Gasteiger partial charge in [-0.05, 0) is 24.1 Å². The first kappa shape index (κ1) is 7.92. The van der Waals surface area contributed by atoms with Gasteiger partial charge in [-0.1, -0.05) is 13.5 Å². The largest absolute Gasteiger partial charge is 0.254 e. The van der Waals surface area contributed by atoms with E-state index in [1.807, 2.05) is 6.92 Å². The third-order valence-corrected chi connectivity index (χ3v) is 1.52. The van der Waals surface area contributed by atoms with Crippen LogP contribution in [0.2, 0.25) is 0 Å². The Balaban J connectivity index is 2.90. The fraction of sp³-hybridized carbons (Fsp3) is 0.222. The maximum atomic E-state index is 12.4. The highest BCUT2D eigenvalue weighted by molar-refractivity contribution is 5.59. The second-order valence-corrected chi connectivity index (χ2v) is 2.32. The highest BCUT2D eigenvalue weighted by atomic mass is 19.1. The lowest BCUT2D eigenvalue weighted by Gasteiger charge is -1.99. The van der Waals surface area contributed by atoms with Crippen LogP contribution in [0.5, 0.6) is 0 Å². The van der Waals surface area contributed by atoms with Crippen LogP contribution in [0.25, 0.3) is 5.57 Å². The Hall–Kier alpha value is -1.18. The van der Waals surface area contributed by atoms with E-state index in [9.17, 15) is 4.39 Å². The van der Waals surface area contributed by atoms with Crippen LogP contribution in [0.15, 0.2) is 24.9 Å². The minimum Gasteiger partial charge on any atom is -0.254 e. The van der Waals surface area contributed by atoms with E-state index in [0.717, 1.165) is 17.7 Å². The lowest BCUT2D eigenvalue weighted by Crippen LogP contribution is -1.86. The van der Waals surface area contributed by atoms with Crippen molar-refractivity contribution in [2.75, 3.05) is 0 Å². The summed E-state index contributed by atoms with van der Waals surface area (Å²) in [4.78, 5) is 3.87. The molecule has 11 heavy (non-hydrogen) atoms. The van der Waals surface area contributed by atoms with E-state index in [-0.39, 0.29) is 5.82 Å². The Morgan fingerprint density at radius 2 is 2.36 bits per heavy atom. The third kappa shape index (κ3) is 1.87. The molecule has 0 unspecified atom stereocenters. The average Bonchev–Trinajstić information content (AvgIpc) is 2.05. The fourth-order valence-electron chi connectivity index (χ4n) is 0.766. The Morgan fingerprint density at radius 3 is 2.82 bits per heavy atom. The molecule has 1 heterocycles. The highest BCUT2D eigenvalue weighted by Crippen LogP contribution is 2.12. The van der Waals surface area contributed by atoms with Crippen LogP contribution >= 0.6 is 0 Å². The van der Waals surface area contributed by atoms with Crippen molar-refractivity contribution < 1.29 is 4.39 Å². The van der Waals surface area contributed by atoms with Crippen LogP contribution in [0.4, 0.5) is 4.39 Å². The average molecular weight is 151 g/mol. The summed E-state index contributed by atoms with van der Waals surface area (Å²) in [6.07, 6.45) is 2.05. The first-order chi connectivity index (χ1) is 5.24. The van der Waals surface area contributed by atoms with E-state index in [1.54, 1.807) is 6.07 Å². The molecule has 0 spiro atoms. The van der Waals surface area contributed by atoms with E-state index in [0.29, 0.717) is 0 Å². The molecule has 0 aromatic carbocycles. The van der Waals surface area contributed by atoms with Gasteiger partial charge in [0, 0.05) is 0 Å². The molecule has 58 valence electrons. The summed E-state index contributed by atoms with van der Waals surface area (Å²) >= 11 is 0.